The minimum atomic E-state index is -0.0494. The average molecular weight is 276 g/mol. The van der Waals surface area contributed by atoms with Crippen LogP contribution in [0.4, 0.5) is 0 Å². The van der Waals surface area contributed by atoms with Crippen molar-refractivity contribution in [3.8, 4) is 0 Å². The summed E-state index contributed by atoms with van der Waals surface area (Å²) in [6, 6.07) is 0. The lowest BCUT2D eigenvalue weighted by molar-refractivity contribution is -0.251. The molecule has 0 saturated heterocycles. The van der Waals surface area contributed by atoms with Crippen LogP contribution in [0, 0.1) is 0 Å². The second-order valence-corrected chi connectivity index (χ2v) is 2.31. The molecule has 0 amide bonds. The Morgan fingerprint density at radius 3 is 1.78 bits per heavy atom. The Balaban J connectivity index is -0.0000000403. The third-order valence-corrected chi connectivity index (χ3v) is 1.17. The molecule has 0 spiro atoms. The third-order valence-electron chi connectivity index (χ3n) is 1.17. The summed E-state index contributed by atoms with van der Waals surface area (Å²) >= 11 is 0. The van der Waals surface area contributed by atoms with E-state index in [1.807, 2.05) is 6.92 Å². The molecule has 0 bridgehead atoms. The lowest BCUT2D eigenvalue weighted by Gasteiger charge is -2.11. The molecule has 0 aromatic heterocycles. The maximum absolute atomic E-state index is 8.37. The Bertz CT molecular complexity index is 81.5. The molecule has 1 unspecified atom stereocenters. The van der Waals surface area contributed by atoms with Crippen LogP contribution in [0.5, 0.6) is 0 Å². The fraction of sp³-hybridized carbons (Fsp3) is 1.00. The van der Waals surface area contributed by atoms with E-state index in [4.69, 9.17) is 19.8 Å². The van der Waals surface area contributed by atoms with Crippen molar-refractivity contribution < 1.29 is 24.7 Å². The monoisotopic (exact) mass is 276 g/mol. The van der Waals surface area contributed by atoms with Crippen molar-refractivity contribution in [2.75, 3.05) is 33.0 Å². The second-order valence-electron chi connectivity index (χ2n) is 2.31. The van der Waals surface area contributed by atoms with Gasteiger partial charge in [0.15, 0.2) is 0 Å². The molecule has 5 heteroatoms. The standard InChI is InChI=1S/C7H16O5.6CH4/c1-7(6-10-3-2-8)11-4-5-12-9;;;;;;/h7-9H,2-6H2,1H3;6*1H4. The van der Waals surface area contributed by atoms with Crippen LogP contribution in [0.2, 0.25) is 0 Å². The number of aliphatic hydroxyl groups excluding tert-OH is 1. The molecule has 0 fully saturated rings. The van der Waals surface area contributed by atoms with E-state index >= 15 is 0 Å². The fourth-order valence-corrected chi connectivity index (χ4v) is 0.649. The minimum absolute atomic E-state index is 0. The van der Waals surface area contributed by atoms with Crippen molar-refractivity contribution in [3.05, 3.63) is 0 Å². The van der Waals surface area contributed by atoms with E-state index in [9.17, 15) is 0 Å². The van der Waals surface area contributed by atoms with Crippen LogP contribution < -0.4 is 0 Å². The summed E-state index contributed by atoms with van der Waals surface area (Å²) in [7, 11) is 0. The largest absolute Gasteiger partial charge is 0.394 e. The van der Waals surface area contributed by atoms with Crippen LogP contribution in [0.3, 0.4) is 0 Å². The zero-order valence-electron chi connectivity index (χ0n) is 7.23. The van der Waals surface area contributed by atoms with Crippen LogP contribution in [0.1, 0.15) is 51.5 Å². The summed E-state index contributed by atoms with van der Waals surface area (Å²) in [5, 5.41) is 16.3. The molecule has 0 rings (SSSR count). The predicted octanol–water partition coefficient (Wildman–Crippen LogP) is 3.71. The number of hydrogen-bond acceptors (Lipinski definition) is 5. The van der Waals surface area contributed by atoms with Gasteiger partial charge < -0.3 is 14.6 Å². The van der Waals surface area contributed by atoms with E-state index in [0.717, 1.165) is 0 Å². The molecule has 5 nitrogen and oxygen atoms in total. The zero-order chi connectivity index (χ0) is 9.23. The van der Waals surface area contributed by atoms with Gasteiger partial charge in [-0.2, -0.15) is 0 Å². The maximum atomic E-state index is 8.37. The summed E-state index contributed by atoms with van der Waals surface area (Å²) in [4.78, 5) is 3.81. The lowest BCUT2D eigenvalue weighted by atomic mass is 10.4. The Morgan fingerprint density at radius 1 is 0.889 bits per heavy atom. The molecular weight excluding hydrogens is 236 g/mol. The quantitative estimate of drug-likeness (QED) is 0.402. The molecule has 2 N–H and O–H groups in total. The van der Waals surface area contributed by atoms with Crippen molar-refractivity contribution in [1.82, 2.24) is 0 Å². The molecular formula is C13H40O5. The molecule has 18 heavy (non-hydrogen) atoms. The van der Waals surface area contributed by atoms with Gasteiger partial charge in [-0.25, -0.2) is 4.89 Å². The first-order valence-electron chi connectivity index (χ1n) is 3.87. The van der Waals surface area contributed by atoms with Crippen molar-refractivity contribution in [3.63, 3.8) is 0 Å². The molecule has 0 aliphatic heterocycles. The van der Waals surface area contributed by atoms with Gasteiger partial charge in [-0.1, -0.05) is 44.6 Å². The number of aliphatic hydroxyl groups is 1. The van der Waals surface area contributed by atoms with Gasteiger partial charge in [0.05, 0.1) is 32.5 Å². The van der Waals surface area contributed by atoms with Gasteiger partial charge in [-0.05, 0) is 6.92 Å². The number of rotatable bonds is 8. The fourth-order valence-electron chi connectivity index (χ4n) is 0.649. The van der Waals surface area contributed by atoms with Gasteiger partial charge in [-0.3, -0.25) is 5.26 Å². The highest BCUT2D eigenvalue weighted by Gasteiger charge is 2.00. The third kappa shape index (κ3) is 36.0. The SMILES string of the molecule is C.C.C.C.C.C.CC(COCCO)OCCOO. The van der Waals surface area contributed by atoms with Gasteiger partial charge in [-0.15, -0.1) is 0 Å². The Hall–Kier alpha value is -0.200. The molecule has 0 aliphatic carbocycles. The lowest BCUT2D eigenvalue weighted by Crippen LogP contribution is -2.19. The van der Waals surface area contributed by atoms with E-state index in [0.29, 0.717) is 19.8 Å². The number of ether oxygens (including phenoxy) is 2. The Morgan fingerprint density at radius 2 is 1.39 bits per heavy atom. The topological polar surface area (TPSA) is 68.2 Å². The van der Waals surface area contributed by atoms with Gasteiger partial charge in [0.1, 0.15) is 6.61 Å². The molecule has 0 aromatic carbocycles. The Kier molecular flexibility index (Phi) is 86.0. The smallest absolute Gasteiger partial charge is 0.105 e. The summed E-state index contributed by atoms with van der Waals surface area (Å²) in [5.41, 5.74) is 0. The normalized spacial score (nSPS) is 8.83. The Labute approximate surface area is 116 Å². The first-order valence-corrected chi connectivity index (χ1v) is 3.87. The van der Waals surface area contributed by atoms with Crippen LogP contribution in [0.25, 0.3) is 0 Å². The highest BCUT2D eigenvalue weighted by atomic mass is 17.1. The van der Waals surface area contributed by atoms with E-state index in [1.54, 1.807) is 0 Å². The highest BCUT2D eigenvalue weighted by Crippen LogP contribution is 1.91. The van der Waals surface area contributed by atoms with E-state index in [2.05, 4.69) is 4.89 Å². The van der Waals surface area contributed by atoms with Gasteiger partial charge in [0, 0.05) is 0 Å². The van der Waals surface area contributed by atoms with E-state index in [1.165, 1.54) is 0 Å². The zero-order valence-corrected chi connectivity index (χ0v) is 7.23. The predicted molar refractivity (Wildman–Crippen MR) is 82.3 cm³/mol. The molecule has 0 aliphatic rings. The van der Waals surface area contributed by atoms with Gasteiger partial charge in [0.25, 0.3) is 0 Å². The first kappa shape index (κ1) is 43.1. The van der Waals surface area contributed by atoms with Gasteiger partial charge in [0.2, 0.25) is 0 Å². The van der Waals surface area contributed by atoms with Crippen LogP contribution in [0.15, 0.2) is 0 Å². The maximum Gasteiger partial charge on any atom is 0.105 e. The molecule has 1 atom stereocenters. The van der Waals surface area contributed by atoms with Crippen molar-refractivity contribution in [1.29, 1.82) is 0 Å². The molecule has 122 valence electrons. The molecule has 0 saturated carbocycles. The molecule has 0 radical (unpaired) electrons. The van der Waals surface area contributed by atoms with Crippen molar-refractivity contribution >= 4 is 0 Å². The highest BCUT2D eigenvalue weighted by molar-refractivity contribution is 4.46. The van der Waals surface area contributed by atoms with Crippen molar-refractivity contribution in [2.24, 2.45) is 0 Å². The minimum Gasteiger partial charge on any atom is -0.394 e. The van der Waals surface area contributed by atoms with E-state index in [-0.39, 0.29) is 63.9 Å². The van der Waals surface area contributed by atoms with Gasteiger partial charge >= 0.3 is 0 Å². The van der Waals surface area contributed by atoms with Crippen LogP contribution >= 0.6 is 0 Å². The average Bonchev–Trinajstić information content (AvgIpc) is 2.06. The summed E-state index contributed by atoms with van der Waals surface area (Å²) < 4.78 is 10.1. The first-order chi connectivity index (χ1) is 5.81. The molecule has 0 heterocycles. The van der Waals surface area contributed by atoms with Crippen LogP contribution in [-0.4, -0.2) is 49.5 Å². The second kappa shape index (κ2) is 36.0. The van der Waals surface area contributed by atoms with E-state index < -0.39 is 0 Å². The number of hydrogen-bond donors (Lipinski definition) is 2. The summed E-state index contributed by atoms with van der Waals surface area (Å²) in [6.45, 7) is 3.11. The summed E-state index contributed by atoms with van der Waals surface area (Å²) in [6.07, 6.45) is -0.0494. The van der Waals surface area contributed by atoms with Crippen LogP contribution in [-0.2, 0) is 14.4 Å². The summed E-state index contributed by atoms with van der Waals surface area (Å²) in [5.74, 6) is 0. The van der Waals surface area contributed by atoms with Crippen molar-refractivity contribution in [2.45, 2.75) is 57.6 Å². The molecule has 0 aromatic rings.